The molecule has 1 unspecified atom stereocenters. The quantitative estimate of drug-likeness (QED) is 0.801. The van der Waals surface area contributed by atoms with Gasteiger partial charge in [0.1, 0.15) is 0 Å². The number of anilines is 2. The summed E-state index contributed by atoms with van der Waals surface area (Å²) < 4.78 is 0. The molecule has 98 valence electrons. The molecule has 0 aliphatic heterocycles. The maximum atomic E-state index is 5.78. The number of aromatic nitrogens is 2. The highest BCUT2D eigenvalue weighted by Gasteiger charge is 2.25. The number of hydrogen-bond acceptors (Lipinski definition) is 3. The summed E-state index contributed by atoms with van der Waals surface area (Å²) in [7, 11) is 2.07. The minimum absolute atomic E-state index is 0.201. The number of nitrogens with zero attached hydrogens (tertiary/aromatic N) is 2. The number of hydrogen-bond donors (Lipinski definition) is 2. The van der Waals surface area contributed by atoms with Crippen molar-refractivity contribution in [2.75, 3.05) is 17.7 Å². The second-order valence-electron chi connectivity index (χ2n) is 5.99. The van der Waals surface area contributed by atoms with Crippen molar-refractivity contribution >= 4 is 22.7 Å². The second kappa shape index (κ2) is 4.19. The van der Waals surface area contributed by atoms with Crippen LogP contribution in [0.2, 0.25) is 0 Å². The first kappa shape index (κ1) is 12.7. The normalized spacial score (nSPS) is 13.8. The average Bonchev–Trinajstić information content (AvgIpc) is 2.68. The van der Waals surface area contributed by atoms with Crippen molar-refractivity contribution in [3.63, 3.8) is 0 Å². The highest BCUT2D eigenvalue weighted by Crippen LogP contribution is 2.27. The van der Waals surface area contributed by atoms with E-state index in [1.165, 1.54) is 0 Å². The Bertz CT molecular complexity index is 550. The maximum absolute atomic E-state index is 5.78. The van der Waals surface area contributed by atoms with E-state index in [2.05, 4.69) is 49.6 Å². The molecule has 1 aromatic carbocycles. The number of fused-ring (bicyclic) bond motifs is 1. The molecule has 0 bridgehead atoms. The Balaban J connectivity index is 2.36. The third-order valence-corrected chi connectivity index (χ3v) is 3.66. The van der Waals surface area contributed by atoms with Crippen molar-refractivity contribution in [1.29, 1.82) is 0 Å². The van der Waals surface area contributed by atoms with Gasteiger partial charge in [-0.1, -0.05) is 20.8 Å². The lowest BCUT2D eigenvalue weighted by Crippen LogP contribution is -2.39. The summed E-state index contributed by atoms with van der Waals surface area (Å²) in [6.07, 6.45) is 0. The molecule has 1 atom stereocenters. The first-order valence-electron chi connectivity index (χ1n) is 6.27. The summed E-state index contributed by atoms with van der Waals surface area (Å²) in [5, 5.41) is 0. The van der Waals surface area contributed by atoms with Crippen molar-refractivity contribution < 1.29 is 0 Å². The minimum Gasteiger partial charge on any atom is -0.399 e. The number of nitrogens with two attached hydrogens (primary N) is 1. The SMILES string of the molecule is CC(N(C)c1nc2ccc(N)cc2[nH]1)C(C)(C)C. The van der Waals surface area contributed by atoms with Crippen LogP contribution in [0.15, 0.2) is 18.2 Å². The van der Waals surface area contributed by atoms with Crippen LogP contribution in [0.5, 0.6) is 0 Å². The van der Waals surface area contributed by atoms with Gasteiger partial charge in [0.25, 0.3) is 0 Å². The fourth-order valence-electron chi connectivity index (χ4n) is 1.95. The predicted molar refractivity (Wildman–Crippen MR) is 77.8 cm³/mol. The third kappa shape index (κ3) is 2.28. The van der Waals surface area contributed by atoms with Gasteiger partial charge in [-0.2, -0.15) is 0 Å². The monoisotopic (exact) mass is 246 g/mol. The molecule has 1 heterocycles. The van der Waals surface area contributed by atoms with Crippen molar-refractivity contribution in [3.05, 3.63) is 18.2 Å². The van der Waals surface area contributed by atoms with Crippen LogP contribution in [-0.2, 0) is 0 Å². The molecule has 1 aromatic heterocycles. The van der Waals surface area contributed by atoms with E-state index in [1.807, 2.05) is 18.2 Å². The van der Waals surface area contributed by atoms with Crippen LogP contribution in [0.25, 0.3) is 11.0 Å². The van der Waals surface area contributed by atoms with E-state index in [9.17, 15) is 0 Å². The molecular formula is C14H22N4. The van der Waals surface area contributed by atoms with Gasteiger partial charge in [-0.05, 0) is 30.5 Å². The summed E-state index contributed by atoms with van der Waals surface area (Å²) in [5.74, 6) is 0.887. The Morgan fingerprint density at radius 2 is 2.00 bits per heavy atom. The minimum atomic E-state index is 0.201. The molecule has 4 heteroatoms. The molecule has 0 fully saturated rings. The van der Waals surface area contributed by atoms with Gasteiger partial charge in [0.05, 0.1) is 11.0 Å². The summed E-state index contributed by atoms with van der Waals surface area (Å²) in [4.78, 5) is 10.1. The molecule has 0 saturated heterocycles. The van der Waals surface area contributed by atoms with E-state index in [0.29, 0.717) is 6.04 Å². The molecule has 3 N–H and O–H groups in total. The molecule has 18 heavy (non-hydrogen) atoms. The van der Waals surface area contributed by atoms with E-state index in [-0.39, 0.29) is 5.41 Å². The highest BCUT2D eigenvalue weighted by atomic mass is 15.3. The second-order valence-corrected chi connectivity index (χ2v) is 5.99. The summed E-state index contributed by atoms with van der Waals surface area (Å²) in [6, 6.07) is 6.12. The van der Waals surface area contributed by atoms with Crippen LogP contribution in [0.4, 0.5) is 11.6 Å². The fourth-order valence-corrected chi connectivity index (χ4v) is 1.95. The molecular weight excluding hydrogens is 224 g/mol. The summed E-state index contributed by atoms with van der Waals surface area (Å²) in [5.41, 5.74) is 8.67. The summed E-state index contributed by atoms with van der Waals surface area (Å²) >= 11 is 0. The molecule has 4 nitrogen and oxygen atoms in total. The van der Waals surface area contributed by atoms with Gasteiger partial charge in [-0.15, -0.1) is 0 Å². The first-order valence-corrected chi connectivity index (χ1v) is 6.27. The smallest absolute Gasteiger partial charge is 0.203 e. The van der Waals surface area contributed by atoms with Crippen LogP contribution >= 0.6 is 0 Å². The Morgan fingerprint density at radius 3 is 2.61 bits per heavy atom. The largest absolute Gasteiger partial charge is 0.399 e. The maximum Gasteiger partial charge on any atom is 0.203 e. The number of benzene rings is 1. The standard InChI is InChI=1S/C14H22N4/c1-9(14(2,3)4)18(5)13-16-11-7-6-10(15)8-12(11)17-13/h6-9H,15H2,1-5H3,(H,16,17). The molecule has 0 aliphatic carbocycles. The number of imidazole rings is 1. The summed E-state index contributed by atoms with van der Waals surface area (Å²) in [6.45, 7) is 8.90. The number of H-pyrrole nitrogens is 1. The predicted octanol–water partition coefficient (Wildman–Crippen LogP) is 3.02. The Labute approximate surface area is 108 Å². The number of aromatic amines is 1. The molecule has 2 rings (SSSR count). The number of nitrogen functional groups attached to an aromatic ring is 1. The van der Waals surface area contributed by atoms with Crippen LogP contribution in [0.3, 0.4) is 0 Å². The van der Waals surface area contributed by atoms with E-state index < -0.39 is 0 Å². The van der Waals surface area contributed by atoms with Crippen molar-refractivity contribution in [1.82, 2.24) is 9.97 Å². The molecule has 0 aliphatic rings. The van der Waals surface area contributed by atoms with Crippen molar-refractivity contribution in [3.8, 4) is 0 Å². The van der Waals surface area contributed by atoms with Gasteiger partial charge in [0, 0.05) is 18.8 Å². The third-order valence-electron chi connectivity index (χ3n) is 3.66. The van der Waals surface area contributed by atoms with Crippen LogP contribution in [-0.4, -0.2) is 23.1 Å². The fraction of sp³-hybridized carbons (Fsp3) is 0.500. The van der Waals surface area contributed by atoms with Gasteiger partial charge in [0.2, 0.25) is 5.95 Å². The Kier molecular flexibility index (Phi) is 2.97. The van der Waals surface area contributed by atoms with Crippen molar-refractivity contribution in [2.45, 2.75) is 33.7 Å². The molecule has 2 aromatic rings. The average molecular weight is 246 g/mol. The lowest BCUT2D eigenvalue weighted by atomic mass is 9.87. The van der Waals surface area contributed by atoms with E-state index in [4.69, 9.17) is 5.73 Å². The topological polar surface area (TPSA) is 57.9 Å². The lowest BCUT2D eigenvalue weighted by molar-refractivity contribution is 0.327. The molecule has 0 amide bonds. The number of nitrogens with one attached hydrogen (secondary N) is 1. The van der Waals surface area contributed by atoms with E-state index >= 15 is 0 Å². The molecule has 0 saturated carbocycles. The van der Waals surface area contributed by atoms with Crippen LogP contribution in [0.1, 0.15) is 27.7 Å². The molecule has 0 spiro atoms. The van der Waals surface area contributed by atoms with Gasteiger partial charge < -0.3 is 15.6 Å². The highest BCUT2D eigenvalue weighted by molar-refractivity contribution is 5.80. The van der Waals surface area contributed by atoms with Crippen molar-refractivity contribution in [2.24, 2.45) is 5.41 Å². The Morgan fingerprint density at radius 1 is 1.33 bits per heavy atom. The van der Waals surface area contributed by atoms with Gasteiger partial charge in [0.15, 0.2) is 0 Å². The van der Waals surface area contributed by atoms with E-state index in [0.717, 1.165) is 22.7 Å². The van der Waals surface area contributed by atoms with Crippen LogP contribution < -0.4 is 10.6 Å². The zero-order valence-electron chi connectivity index (χ0n) is 11.8. The molecule has 0 radical (unpaired) electrons. The zero-order chi connectivity index (χ0) is 13.5. The lowest BCUT2D eigenvalue weighted by Gasteiger charge is -2.35. The Hall–Kier alpha value is -1.71. The van der Waals surface area contributed by atoms with Gasteiger partial charge in [-0.3, -0.25) is 0 Å². The van der Waals surface area contributed by atoms with Gasteiger partial charge in [-0.25, -0.2) is 4.98 Å². The first-order chi connectivity index (χ1) is 8.29. The van der Waals surface area contributed by atoms with Crippen LogP contribution in [0, 0.1) is 5.41 Å². The van der Waals surface area contributed by atoms with Gasteiger partial charge >= 0.3 is 0 Å². The number of rotatable bonds is 2. The van der Waals surface area contributed by atoms with E-state index in [1.54, 1.807) is 0 Å². The zero-order valence-corrected chi connectivity index (χ0v) is 11.8.